The molecule has 1 N–H and O–H groups in total. The Labute approximate surface area is 170 Å². The number of hydrogen-bond donors (Lipinski definition) is 1. The van der Waals surface area contributed by atoms with Crippen molar-refractivity contribution in [3.63, 3.8) is 0 Å². The Morgan fingerprint density at radius 1 is 0.786 bits per heavy atom. The molecule has 0 saturated heterocycles. The van der Waals surface area contributed by atoms with Crippen LogP contribution in [0.1, 0.15) is 81.5 Å². The van der Waals surface area contributed by atoms with Crippen LogP contribution >= 0.6 is 0 Å². The van der Waals surface area contributed by atoms with Gasteiger partial charge in [-0.05, 0) is 30.7 Å². The van der Waals surface area contributed by atoms with E-state index >= 15 is 0 Å². The van der Waals surface area contributed by atoms with Gasteiger partial charge in [-0.1, -0.05) is 82.9 Å². The molecule has 0 saturated carbocycles. The zero-order valence-electron chi connectivity index (χ0n) is 17.3. The van der Waals surface area contributed by atoms with Gasteiger partial charge in [0.25, 0.3) is 0 Å². The topological polar surface area (TPSA) is 40.5 Å². The maximum absolute atomic E-state index is 11.0. The van der Waals surface area contributed by atoms with Gasteiger partial charge in [-0.3, -0.25) is 4.79 Å². The molecule has 0 unspecified atom stereocenters. The minimum Gasteiger partial charge on any atom is -0.507 e. The summed E-state index contributed by atoms with van der Waals surface area (Å²) in [5, 5.41) is 10.1. The molecular formula is C25H35NO2. The molecule has 0 atom stereocenters. The molecule has 0 aliphatic carbocycles. The Morgan fingerprint density at radius 3 is 1.96 bits per heavy atom. The van der Waals surface area contributed by atoms with E-state index in [-0.39, 0.29) is 5.75 Å². The molecule has 3 heteroatoms. The third-order valence-electron chi connectivity index (χ3n) is 5.26. The fourth-order valence-electron chi connectivity index (χ4n) is 3.57. The molecule has 2 aromatic carbocycles. The van der Waals surface area contributed by atoms with Crippen molar-refractivity contribution < 1.29 is 9.90 Å². The van der Waals surface area contributed by atoms with Crippen LogP contribution in [-0.2, 0) is 0 Å². The molecule has 28 heavy (non-hydrogen) atoms. The number of carbonyl (C=O) groups is 1. The quantitative estimate of drug-likeness (QED) is 0.276. The number of unbranched alkanes of at least 4 members (excludes halogenated alkanes) is 9. The van der Waals surface area contributed by atoms with Crippen molar-refractivity contribution >= 4 is 17.7 Å². The van der Waals surface area contributed by atoms with Crippen molar-refractivity contribution in [3.8, 4) is 5.75 Å². The van der Waals surface area contributed by atoms with Crippen LogP contribution in [0, 0.1) is 0 Å². The lowest BCUT2D eigenvalue weighted by Crippen LogP contribution is -2.18. The van der Waals surface area contributed by atoms with E-state index in [0.29, 0.717) is 11.8 Å². The van der Waals surface area contributed by atoms with Gasteiger partial charge >= 0.3 is 0 Å². The van der Waals surface area contributed by atoms with E-state index in [4.69, 9.17) is 0 Å². The fourth-order valence-corrected chi connectivity index (χ4v) is 3.57. The summed E-state index contributed by atoms with van der Waals surface area (Å²) in [6.07, 6.45) is 13.8. The number of phenolic OH excluding ortho intramolecular Hbond substituents is 1. The van der Waals surface area contributed by atoms with Crippen LogP contribution in [0.25, 0.3) is 0 Å². The van der Waals surface area contributed by atoms with Crippen LogP contribution in [0.5, 0.6) is 5.75 Å². The van der Waals surface area contributed by atoms with Gasteiger partial charge in [-0.2, -0.15) is 0 Å². The summed E-state index contributed by atoms with van der Waals surface area (Å²) in [6, 6.07) is 15.5. The highest BCUT2D eigenvalue weighted by Crippen LogP contribution is 2.30. The van der Waals surface area contributed by atoms with E-state index in [1.54, 1.807) is 12.1 Å². The van der Waals surface area contributed by atoms with Gasteiger partial charge in [0, 0.05) is 24.0 Å². The summed E-state index contributed by atoms with van der Waals surface area (Å²) >= 11 is 0. The van der Waals surface area contributed by atoms with Crippen molar-refractivity contribution in [2.24, 2.45) is 0 Å². The number of rotatable bonds is 14. The van der Waals surface area contributed by atoms with E-state index in [9.17, 15) is 9.90 Å². The summed E-state index contributed by atoms with van der Waals surface area (Å²) in [5.41, 5.74) is 2.36. The number of anilines is 2. The van der Waals surface area contributed by atoms with E-state index in [0.717, 1.165) is 24.3 Å². The number of phenols is 1. The van der Waals surface area contributed by atoms with Gasteiger partial charge in [-0.25, -0.2) is 0 Å². The second-order valence-electron chi connectivity index (χ2n) is 7.53. The summed E-state index contributed by atoms with van der Waals surface area (Å²) in [7, 11) is 0. The second-order valence-corrected chi connectivity index (χ2v) is 7.53. The molecular weight excluding hydrogens is 346 g/mol. The molecule has 0 aliphatic heterocycles. The highest BCUT2D eigenvalue weighted by atomic mass is 16.3. The molecule has 0 fully saturated rings. The third-order valence-corrected chi connectivity index (χ3v) is 5.26. The predicted molar refractivity (Wildman–Crippen MR) is 119 cm³/mol. The van der Waals surface area contributed by atoms with Crippen molar-refractivity contribution in [3.05, 3.63) is 54.1 Å². The van der Waals surface area contributed by atoms with Crippen molar-refractivity contribution in [2.45, 2.75) is 71.1 Å². The zero-order valence-corrected chi connectivity index (χ0v) is 17.3. The predicted octanol–water partition coefficient (Wildman–Crippen LogP) is 7.26. The number of nitrogens with zero attached hydrogens (tertiary/aromatic N) is 1. The van der Waals surface area contributed by atoms with Gasteiger partial charge in [0.15, 0.2) is 6.29 Å². The maximum atomic E-state index is 11.0. The average Bonchev–Trinajstić information content (AvgIpc) is 2.73. The summed E-state index contributed by atoms with van der Waals surface area (Å²) in [5.74, 6) is 0.0384. The van der Waals surface area contributed by atoms with Crippen molar-refractivity contribution in [2.75, 3.05) is 11.4 Å². The average molecular weight is 382 g/mol. The van der Waals surface area contributed by atoms with Gasteiger partial charge in [-0.15, -0.1) is 0 Å². The first-order chi connectivity index (χ1) is 13.8. The zero-order chi connectivity index (χ0) is 20.0. The van der Waals surface area contributed by atoms with Crippen LogP contribution in [0.15, 0.2) is 48.5 Å². The number of hydrogen-bond acceptors (Lipinski definition) is 3. The summed E-state index contributed by atoms with van der Waals surface area (Å²) in [4.78, 5) is 13.2. The smallest absolute Gasteiger partial charge is 0.153 e. The normalized spacial score (nSPS) is 10.8. The fraction of sp³-hybridized carbons (Fsp3) is 0.480. The molecule has 0 bridgehead atoms. The molecule has 0 amide bonds. The number of carbonyl (C=O) groups excluding carboxylic acids is 1. The molecule has 2 aromatic rings. The number of aromatic hydroxyl groups is 1. The van der Waals surface area contributed by atoms with Crippen molar-refractivity contribution in [1.82, 2.24) is 0 Å². The Kier molecular flexibility index (Phi) is 10.2. The van der Waals surface area contributed by atoms with E-state index in [1.807, 2.05) is 24.3 Å². The van der Waals surface area contributed by atoms with Crippen LogP contribution in [0.3, 0.4) is 0 Å². The van der Waals surface area contributed by atoms with Crippen LogP contribution < -0.4 is 4.90 Å². The largest absolute Gasteiger partial charge is 0.507 e. The second kappa shape index (κ2) is 13.0. The molecule has 152 valence electrons. The van der Waals surface area contributed by atoms with Crippen LogP contribution in [0.4, 0.5) is 11.4 Å². The van der Waals surface area contributed by atoms with E-state index in [1.165, 1.54) is 57.8 Å². The summed E-state index contributed by atoms with van der Waals surface area (Å²) in [6.45, 7) is 3.16. The Balaban J connectivity index is 1.83. The molecule has 0 aliphatic rings. The summed E-state index contributed by atoms with van der Waals surface area (Å²) < 4.78 is 0. The van der Waals surface area contributed by atoms with Crippen molar-refractivity contribution in [1.29, 1.82) is 0 Å². The van der Waals surface area contributed by atoms with E-state index in [2.05, 4.69) is 24.0 Å². The molecule has 0 radical (unpaired) electrons. The molecule has 3 nitrogen and oxygen atoms in total. The minimum absolute atomic E-state index is 0.0384. The first-order valence-corrected chi connectivity index (χ1v) is 10.9. The van der Waals surface area contributed by atoms with Crippen LogP contribution in [0.2, 0.25) is 0 Å². The first kappa shape index (κ1) is 22.0. The lowest BCUT2D eigenvalue weighted by molar-refractivity contribution is 0.112. The molecule has 0 spiro atoms. The SMILES string of the molecule is CCCCCCCCCCCCN(c1ccccc1)c1ccc(C=O)c(O)c1. The van der Waals surface area contributed by atoms with Gasteiger partial charge in [0.1, 0.15) is 5.75 Å². The minimum atomic E-state index is 0.0384. The standard InChI is InChI=1S/C25H35NO2/c1-2-3-4-5-6-7-8-9-10-14-19-26(23-15-12-11-13-16-23)24-18-17-22(21-27)25(28)20-24/h11-13,15-18,20-21,28H,2-10,14,19H2,1H3. The van der Waals surface area contributed by atoms with Gasteiger partial charge < -0.3 is 10.0 Å². The monoisotopic (exact) mass is 381 g/mol. The Bertz CT molecular complexity index is 684. The number of para-hydroxylation sites is 1. The maximum Gasteiger partial charge on any atom is 0.153 e. The third kappa shape index (κ3) is 7.38. The van der Waals surface area contributed by atoms with E-state index < -0.39 is 0 Å². The highest BCUT2D eigenvalue weighted by Gasteiger charge is 2.11. The highest BCUT2D eigenvalue weighted by molar-refractivity contribution is 5.81. The lowest BCUT2D eigenvalue weighted by Gasteiger charge is -2.25. The molecule has 0 aromatic heterocycles. The van der Waals surface area contributed by atoms with Gasteiger partial charge in [0.05, 0.1) is 5.56 Å². The Hall–Kier alpha value is -2.29. The number of benzene rings is 2. The molecule has 0 heterocycles. The Morgan fingerprint density at radius 2 is 1.39 bits per heavy atom. The number of aldehydes is 1. The lowest BCUT2D eigenvalue weighted by atomic mass is 10.1. The first-order valence-electron chi connectivity index (χ1n) is 10.9. The van der Waals surface area contributed by atoms with Crippen LogP contribution in [-0.4, -0.2) is 17.9 Å². The van der Waals surface area contributed by atoms with Gasteiger partial charge in [0.2, 0.25) is 0 Å². The molecule has 2 rings (SSSR count).